The minimum Gasteiger partial charge on any atom is -0.322 e. The maximum absolute atomic E-state index is 5.22. The number of anilines is 2. The number of nitrogens with zero attached hydrogens (tertiary/aromatic N) is 4. The van der Waals surface area contributed by atoms with E-state index in [9.17, 15) is 0 Å². The summed E-state index contributed by atoms with van der Waals surface area (Å²) in [4.78, 5) is 18.2. The van der Waals surface area contributed by atoms with Gasteiger partial charge in [-0.2, -0.15) is 0 Å². The fourth-order valence-corrected chi connectivity index (χ4v) is 9.53. The van der Waals surface area contributed by atoms with Crippen LogP contribution in [-0.2, 0) is 5.54 Å². The molecule has 1 aliphatic heterocycles. The largest absolute Gasteiger partial charge is 0.322 e. The van der Waals surface area contributed by atoms with Crippen molar-refractivity contribution in [1.29, 1.82) is 0 Å². The molecule has 4 heteroatoms. The van der Waals surface area contributed by atoms with Crippen molar-refractivity contribution in [2.45, 2.75) is 5.54 Å². The van der Waals surface area contributed by atoms with Gasteiger partial charge in [0.2, 0.25) is 0 Å². The molecule has 0 N–H and O–H groups in total. The first-order valence-corrected chi connectivity index (χ1v) is 19.1. The number of hydrogen-bond donors (Lipinski definition) is 0. The summed E-state index contributed by atoms with van der Waals surface area (Å²) in [5.41, 5.74) is 11.1. The normalized spacial score (nSPS) is 13.5. The fourth-order valence-electron chi connectivity index (χ4n) is 9.53. The average molecular weight is 713 g/mol. The van der Waals surface area contributed by atoms with E-state index in [-0.39, 0.29) is 0 Å². The molecule has 56 heavy (non-hydrogen) atoms. The fraction of sp³-hybridized carbons (Fsp3) is 0.0192. The molecule has 0 saturated heterocycles. The van der Waals surface area contributed by atoms with Gasteiger partial charge >= 0.3 is 0 Å². The number of rotatable bonds is 4. The first-order valence-electron chi connectivity index (χ1n) is 19.1. The van der Waals surface area contributed by atoms with Crippen LogP contribution < -0.4 is 4.90 Å². The van der Waals surface area contributed by atoms with Crippen LogP contribution in [0.25, 0.3) is 77.6 Å². The molecule has 1 aliphatic carbocycles. The molecule has 0 atom stereocenters. The second-order valence-corrected chi connectivity index (χ2v) is 14.7. The minimum absolute atomic E-state index is 0.534. The smallest absolute Gasteiger partial charge is 0.164 e. The van der Waals surface area contributed by atoms with Gasteiger partial charge in [-0.3, -0.25) is 0 Å². The summed E-state index contributed by atoms with van der Waals surface area (Å²) in [5, 5.41) is 7.05. The van der Waals surface area contributed by atoms with Gasteiger partial charge in [-0.15, -0.1) is 0 Å². The van der Waals surface area contributed by atoms with Crippen molar-refractivity contribution in [2.75, 3.05) is 4.90 Å². The zero-order chi connectivity index (χ0) is 36.8. The predicted octanol–water partition coefficient (Wildman–Crippen LogP) is 12.8. The Hall–Kier alpha value is -7.43. The molecule has 0 unspecified atom stereocenters. The second-order valence-electron chi connectivity index (χ2n) is 14.7. The summed E-state index contributed by atoms with van der Waals surface area (Å²) in [6.45, 7) is 0. The molecule has 0 fully saturated rings. The molecule has 0 amide bonds. The third-order valence-electron chi connectivity index (χ3n) is 11.9. The average Bonchev–Trinajstić information content (AvgIpc) is 3.74. The van der Waals surface area contributed by atoms with Gasteiger partial charge in [-0.05, 0) is 85.1 Å². The summed E-state index contributed by atoms with van der Waals surface area (Å²) >= 11 is 0. The Bertz CT molecular complexity index is 3060. The summed E-state index contributed by atoms with van der Waals surface area (Å²) in [7, 11) is 0. The van der Waals surface area contributed by atoms with E-state index >= 15 is 0 Å². The van der Waals surface area contributed by atoms with E-state index in [0.717, 1.165) is 43.9 Å². The predicted molar refractivity (Wildman–Crippen MR) is 229 cm³/mol. The monoisotopic (exact) mass is 712 g/mol. The van der Waals surface area contributed by atoms with Crippen molar-refractivity contribution < 1.29 is 0 Å². The summed E-state index contributed by atoms with van der Waals surface area (Å²) in [6.07, 6.45) is 0. The van der Waals surface area contributed by atoms with E-state index in [1.807, 2.05) is 0 Å². The highest BCUT2D eigenvalue weighted by atomic mass is 15.2. The SMILES string of the molecule is c1ccc2c(c1)-c1ccccc1C21c2cccc3cccc(c23)N1c1ccc(-c2nc(-c3cccc4ccccc34)nc(-c3cccc4ccccc34)n2)cc1. The molecule has 0 saturated carbocycles. The number of fused-ring (bicyclic) bond motifs is 8. The Kier molecular flexibility index (Phi) is 6.52. The molecule has 2 aliphatic rings. The van der Waals surface area contributed by atoms with E-state index < -0.39 is 5.54 Å². The Morgan fingerprint density at radius 1 is 0.339 bits per heavy atom. The van der Waals surface area contributed by atoms with Crippen molar-refractivity contribution >= 4 is 43.7 Å². The lowest BCUT2D eigenvalue weighted by atomic mass is 9.80. The van der Waals surface area contributed by atoms with Crippen LogP contribution in [0.2, 0.25) is 0 Å². The van der Waals surface area contributed by atoms with Crippen LogP contribution in [0.5, 0.6) is 0 Å². The molecule has 10 aromatic rings. The van der Waals surface area contributed by atoms with Crippen LogP contribution in [0.1, 0.15) is 16.7 Å². The zero-order valence-electron chi connectivity index (χ0n) is 30.3. The van der Waals surface area contributed by atoms with Gasteiger partial charge in [0.15, 0.2) is 17.5 Å². The van der Waals surface area contributed by atoms with Crippen molar-refractivity contribution in [1.82, 2.24) is 15.0 Å². The molecular weight excluding hydrogens is 681 g/mol. The highest BCUT2D eigenvalue weighted by Gasteiger charge is 2.54. The van der Waals surface area contributed by atoms with Crippen LogP contribution in [0.3, 0.4) is 0 Å². The first-order chi connectivity index (χ1) is 27.8. The lowest BCUT2D eigenvalue weighted by Crippen LogP contribution is -2.41. The van der Waals surface area contributed by atoms with Crippen molar-refractivity contribution in [2.24, 2.45) is 0 Å². The van der Waals surface area contributed by atoms with Crippen molar-refractivity contribution in [3.63, 3.8) is 0 Å². The standard InChI is InChI=1S/C52H32N4/c1-3-19-38-33(13-1)15-9-23-42(38)50-53-49(54-51(55-50)43-24-10-16-34-14-2-4-20-39(34)43)36-29-31-37(32-30-36)56-47-28-12-18-35-17-11-27-46(48(35)47)52(56)44-25-7-5-21-40(44)41-22-6-8-26-45(41)52/h1-32H. The number of benzene rings is 9. The molecule has 0 bridgehead atoms. The molecule has 2 heterocycles. The van der Waals surface area contributed by atoms with Gasteiger partial charge in [0, 0.05) is 27.8 Å². The Balaban J connectivity index is 1.07. The molecule has 1 spiro atoms. The molecule has 12 rings (SSSR count). The molecule has 0 radical (unpaired) electrons. The van der Waals surface area contributed by atoms with E-state index in [4.69, 9.17) is 15.0 Å². The lowest BCUT2D eigenvalue weighted by molar-refractivity contribution is 0.669. The Labute approximate surface area is 324 Å². The maximum Gasteiger partial charge on any atom is 0.164 e. The zero-order valence-corrected chi connectivity index (χ0v) is 30.3. The van der Waals surface area contributed by atoms with Crippen LogP contribution in [0, 0.1) is 0 Å². The third kappa shape index (κ3) is 4.27. The summed E-state index contributed by atoms with van der Waals surface area (Å²) in [6, 6.07) is 69.6. The molecular formula is C52H32N4. The quantitative estimate of drug-likeness (QED) is 0.182. The van der Waals surface area contributed by atoms with Crippen LogP contribution in [0.4, 0.5) is 11.4 Å². The van der Waals surface area contributed by atoms with Crippen molar-refractivity contribution in [3.05, 3.63) is 211 Å². The van der Waals surface area contributed by atoms with E-state index in [2.05, 4.69) is 199 Å². The van der Waals surface area contributed by atoms with Gasteiger partial charge in [-0.25, -0.2) is 15.0 Å². The summed E-state index contributed by atoms with van der Waals surface area (Å²) in [5.74, 6) is 1.94. The van der Waals surface area contributed by atoms with Gasteiger partial charge < -0.3 is 4.90 Å². The van der Waals surface area contributed by atoms with Gasteiger partial charge in [0.25, 0.3) is 0 Å². The second kappa shape index (κ2) is 11.8. The van der Waals surface area contributed by atoms with E-state index in [1.54, 1.807) is 0 Å². The van der Waals surface area contributed by atoms with E-state index in [0.29, 0.717) is 17.5 Å². The lowest BCUT2D eigenvalue weighted by Gasteiger charge is -2.40. The molecule has 260 valence electrons. The van der Waals surface area contributed by atoms with Gasteiger partial charge in [-0.1, -0.05) is 164 Å². The van der Waals surface area contributed by atoms with Crippen LogP contribution in [-0.4, -0.2) is 15.0 Å². The minimum atomic E-state index is -0.534. The highest BCUT2D eigenvalue weighted by molar-refractivity contribution is 6.08. The highest BCUT2D eigenvalue weighted by Crippen LogP contribution is 2.63. The van der Waals surface area contributed by atoms with Gasteiger partial charge in [0.05, 0.1) is 5.69 Å². The topological polar surface area (TPSA) is 41.9 Å². The molecule has 4 nitrogen and oxygen atoms in total. The number of hydrogen-bond acceptors (Lipinski definition) is 4. The Morgan fingerprint density at radius 2 is 0.786 bits per heavy atom. The molecule has 9 aromatic carbocycles. The third-order valence-corrected chi connectivity index (χ3v) is 11.9. The summed E-state index contributed by atoms with van der Waals surface area (Å²) < 4.78 is 0. The van der Waals surface area contributed by atoms with Crippen LogP contribution in [0.15, 0.2) is 194 Å². The number of aromatic nitrogens is 3. The van der Waals surface area contributed by atoms with Crippen LogP contribution >= 0.6 is 0 Å². The maximum atomic E-state index is 5.22. The Morgan fingerprint density at radius 3 is 1.41 bits per heavy atom. The van der Waals surface area contributed by atoms with Gasteiger partial charge in [0.1, 0.15) is 5.54 Å². The van der Waals surface area contributed by atoms with Crippen molar-refractivity contribution in [3.8, 4) is 45.3 Å². The first kappa shape index (κ1) is 31.0. The van der Waals surface area contributed by atoms with E-state index in [1.165, 1.54) is 44.3 Å². The molecule has 1 aromatic heterocycles.